The van der Waals surface area contributed by atoms with E-state index in [1.165, 1.54) is 13.1 Å². The number of anilines is 1. The molecule has 1 N–H and O–H groups in total. The van der Waals surface area contributed by atoms with Crippen molar-refractivity contribution in [1.82, 2.24) is 14.1 Å². The maximum absolute atomic E-state index is 13.1. The number of carbonyl (C=O) groups excluding carboxylic acids is 2. The summed E-state index contributed by atoms with van der Waals surface area (Å²) < 4.78 is 38.0. The molecule has 0 atom stereocenters. The van der Waals surface area contributed by atoms with Crippen molar-refractivity contribution >= 4 is 27.5 Å². The largest absolute Gasteiger partial charge is 0.454 e. The van der Waals surface area contributed by atoms with E-state index in [1.807, 2.05) is 18.2 Å². The Labute approximate surface area is 204 Å². The average molecular weight is 501 g/mol. The molecule has 2 aromatic rings. The minimum Gasteiger partial charge on any atom is -0.454 e. The van der Waals surface area contributed by atoms with Gasteiger partial charge in [-0.1, -0.05) is 6.07 Å². The summed E-state index contributed by atoms with van der Waals surface area (Å²) in [5.74, 6) is 1.21. The van der Waals surface area contributed by atoms with Crippen LogP contribution in [0.2, 0.25) is 0 Å². The Morgan fingerprint density at radius 3 is 2.60 bits per heavy atom. The Hall–Kier alpha value is -3.15. The molecule has 2 amide bonds. The number of fused-ring (bicyclic) bond motifs is 2. The average Bonchev–Trinajstić information content (AvgIpc) is 3.32. The number of hydrogen-bond acceptors (Lipinski definition) is 7. The van der Waals surface area contributed by atoms with Crippen LogP contribution in [0.25, 0.3) is 0 Å². The normalized spacial score (nSPS) is 17.9. The molecule has 0 saturated carbocycles. The third-order valence-corrected chi connectivity index (χ3v) is 8.41. The Balaban J connectivity index is 1.15. The van der Waals surface area contributed by atoms with Crippen LogP contribution < -0.4 is 14.8 Å². The van der Waals surface area contributed by atoms with E-state index in [2.05, 4.69) is 10.2 Å². The van der Waals surface area contributed by atoms with Crippen LogP contribution in [0, 0.1) is 0 Å². The summed E-state index contributed by atoms with van der Waals surface area (Å²) in [4.78, 5) is 28.5. The predicted molar refractivity (Wildman–Crippen MR) is 128 cm³/mol. The first-order valence-corrected chi connectivity index (χ1v) is 13.0. The summed E-state index contributed by atoms with van der Waals surface area (Å²) in [6.07, 6.45) is 0.815. The van der Waals surface area contributed by atoms with Gasteiger partial charge in [0, 0.05) is 51.9 Å². The molecule has 0 aliphatic carbocycles. The number of ether oxygens (including phenoxy) is 2. The van der Waals surface area contributed by atoms with Gasteiger partial charge in [0.1, 0.15) is 0 Å². The first-order valence-electron chi connectivity index (χ1n) is 11.6. The van der Waals surface area contributed by atoms with E-state index in [4.69, 9.17) is 9.47 Å². The molecular weight excluding hydrogens is 472 g/mol. The molecular formula is C24H28N4O6S. The molecule has 0 spiro atoms. The van der Waals surface area contributed by atoms with Crippen LogP contribution in [0.5, 0.6) is 11.5 Å². The minimum atomic E-state index is -3.84. The van der Waals surface area contributed by atoms with Crippen molar-refractivity contribution in [3.8, 4) is 11.5 Å². The van der Waals surface area contributed by atoms with Crippen molar-refractivity contribution in [3.63, 3.8) is 0 Å². The number of piperazine rings is 1. The summed E-state index contributed by atoms with van der Waals surface area (Å²) in [5.41, 5.74) is 2.53. The number of amides is 2. The fourth-order valence-corrected chi connectivity index (χ4v) is 5.70. The molecule has 3 aliphatic heterocycles. The second kappa shape index (κ2) is 9.48. The maximum Gasteiger partial charge on any atom is 0.243 e. The number of sulfonamides is 1. The lowest BCUT2D eigenvalue weighted by Gasteiger charge is -2.35. The first-order chi connectivity index (χ1) is 16.8. The molecule has 0 radical (unpaired) electrons. The SMILES string of the molecule is CN(CC(=O)N1CCN(Cc2ccc3c(c2)OCO3)CC1)S(=O)(=O)c1ccc2c(c1)CCC(=O)N2. The van der Waals surface area contributed by atoms with Crippen LogP contribution in [0.4, 0.5) is 5.69 Å². The second-order valence-corrected chi connectivity index (χ2v) is 11.0. The van der Waals surface area contributed by atoms with E-state index in [0.29, 0.717) is 44.7 Å². The van der Waals surface area contributed by atoms with Gasteiger partial charge in [0.15, 0.2) is 11.5 Å². The molecule has 0 bridgehead atoms. The van der Waals surface area contributed by atoms with Gasteiger partial charge in [0.2, 0.25) is 28.6 Å². The number of hydrogen-bond donors (Lipinski definition) is 1. The third kappa shape index (κ3) is 4.97. The third-order valence-electron chi connectivity index (χ3n) is 6.61. The number of likely N-dealkylation sites (N-methyl/N-ethyl adjacent to an activating group) is 1. The molecule has 1 saturated heterocycles. The number of carbonyl (C=O) groups is 2. The van der Waals surface area contributed by atoms with Gasteiger partial charge in [-0.25, -0.2) is 8.42 Å². The molecule has 11 heteroatoms. The van der Waals surface area contributed by atoms with E-state index in [-0.39, 0.29) is 30.0 Å². The monoisotopic (exact) mass is 500 g/mol. The molecule has 2 aromatic carbocycles. The van der Waals surface area contributed by atoms with Crippen molar-refractivity contribution in [2.45, 2.75) is 24.3 Å². The van der Waals surface area contributed by atoms with E-state index in [1.54, 1.807) is 17.0 Å². The lowest BCUT2D eigenvalue weighted by molar-refractivity contribution is -0.133. The molecule has 0 unspecified atom stereocenters. The van der Waals surface area contributed by atoms with Crippen LogP contribution in [0.1, 0.15) is 17.5 Å². The standard InChI is InChI=1S/C24H28N4O6S/c1-26(35(31,32)19-4-5-20-18(13-19)3-7-23(29)25-20)15-24(30)28-10-8-27(9-11-28)14-17-2-6-21-22(12-17)34-16-33-21/h2,4-6,12-13H,3,7-11,14-16H2,1H3,(H,25,29). The quantitative estimate of drug-likeness (QED) is 0.636. The number of nitrogens with one attached hydrogen (secondary N) is 1. The second-order valence-electron chi connectivity index (χ2n) is 8.97. The zero-order valence-electron chi connectivity index (χ0n) is 19.5. The van der Waals surface area contributed by atoms with Gasteiger partial charge in [0.25, 0.3) is 0 Å². The Morgan fingerprint density at radius 1 is 1.03 bits per heavy atom. The van der Waals surface area contributed by atoms with Gasteiger partial charge in [-0.3, -0.25) is 14.5 Å². The summed E-state index contributed by atoms with van der Waals surface area (Å²) >= 11 is 0. The van der Waals surface area contributed by atoms with E-state index in [0.717, 1.165) is 33.5 Å². The minimum absolute atomic E-state index is 0.0770. The first kappa shape index (κ1) is 23.6. The highest BCUT2D eigenvalue weighted by Gasteiger charge is 2.28. The van der Waals surface area contributed by atoms with Crippen LogP contribution >= 0.6 is 0 Å². The number of nitrogens with zero attached hydrogens (tertiary/aromatic N) is 3. The van der Waals surface area contributed by atoms with Crippen molar-refractivity contribution in [1.29, 1.82) is 0 Å². The van der Waals surface area contributed by atoms with E-state index in [9.17, 15) is 18.0 Å². The van der Waals surface area contributed by atoms with Crippen LogP contribution in [-0.2, 0) is 32.6 Å². The molecule has 186 valence electrons. The predicted octanol–water partition coefficient (Wildman–Crippen LogP) is 1.26. The maximum atomic E-state index is 13.1. The zero-order valence-corrected chi connectivity index (χ0v) is 20.3. The summed E-state index contributed by atoms with van der Waals surface area (Å²) in [6, 6.07) is 10.6. The highest BCUT2D eigenvalue weighted by Crippen LogP contribution is 2.33. The molecule has 0 aromatic heterocycles. The molecule has 35 heavy (non-hydrogen) atoms. The summed E-state index contributed by atoms with van der Waals surface area (Å²) in [7, 11) is -2.41. The lowest BCUT2D eigenvalue weighted by Crippen LogP contribution is -2.51. The zero-order chi connectivity index (χ0) is 24.6. The van der Waals surface area contributed by atoms with Crippen LogP contribution in [0.15, 0.2) is 41.3 Å². The molecule has 3 heterocycles. The molecule has 5 rings (SSSR count). The smallest absolute Gasteiger partial charge is 0.243 e. The van der Waals surface area contributed by atoms with Crippen molar-refractivity contribution in [2.75, 3.05) is 51.9 Å². The van der Waals surface area contributed by atoms with E-state index >= 15 is 0 Å². The molecule has 3 aliphatic rings. The van der Waals surface area contributed by atoms with Gasteiger partial charge >= 0.3 is 0 Å². The fraction of sp³-hybridized carbons (Fsp3) is 0.417. The molecule has 10 nitrogen and oxygen atoms in total. The van der Waals surface area contributed by atoms with Crippen molar-refractivity contribution in [2.24, 2.45) is 0 Å². The number of aryl methyl sites for hydroxylation is 1. The summed E-state index contributed by atoms with van der Waals surface area (Å²) in [5, 5.41) is 2.75. The molecule has 1 fully saturated rings. The highest BCUT2D eigenvalue weighted by atomic mass is 32.2. The van der Waals surface area contributed by atoms with Gasteiger partial charge in [-0.2, -0.15) is 4.31 Å². The Morgan fingerprint density at radius 2 is 1.80 bits per heavy atom. The fourth-order valence-electron chi connectivity index (χ4n) is 4.53. The van der Waals surface area contributed by atoms with E-state index < -0.39 is 10.0 Å². The summed E-state index contributed by atoms with van der Waals surface area (Å²) in [6.45, 7) is 3.24. The number of rotatable bonds is 6. The van der Waals surface area contributed by atoms with Crippen LogP contribution in [0.3, 0.4) is 0 Å². The topological polar surface area (TPSA) is 108 Å². The van der Waals surface area contributed by atoms with Crippen molar-refractivity contribution < 1.29 is 27.5 Å². The Bertz CT molecular complexity index is 1260. The lowest BCUT2D eigenvalue weighted by atomic mass is 10.0. The number of benzene rings is 2. The Kier molecular flexibility index (Phi) is 6.39. The van der Waals surface area contributed by atoms with Gasteiger partial charge in [0.05, 0.1) is 11.4 Å². The van der Waals surface area contributed by atoms with Crippen molar-refractivity contribution in [3.05, 3.63) is 47.5 Å². The highest BCUT2D eigenvalue weighted by molar-refractivity contribution is 7.89. The van der Waals surface area contributed by atoms with Gasteiger partial charge in [-0.15, -0.1) is 0 Å². The van der Waals surface area contributed by atoms with Gasteiger partial charge in [-0.05, 0) is 47.9 Å². The van der Waals surface area contributed by atoms with Crippen LogP contribution in [-0.4, -0.2) is 80.9 Å². The van der Waals surface area contributed by atoms with Gasteiger partial charge < -0.3 is 19.7 Å².